The standard InChI is InChI=1S/C15H28O/c1-6-13(16)9-7-11(2)14-10-8-12(3)15(14,4)5/h8,11,13-14,16H,6-7,9-10H2,1-5H3. The SMILES string of the molecule is CCC(O)CCC(C)C1CC=C(C)C1(C)C. The van der Waals surface area contributed by atoms with Crippen molar-refractivity contribution in [3.05, 3.63) is 11.6 Å². The molecule has 3 atom stereocenters. The minimum Gasteiger partial charge on any atom is -0.393 e. The largest absolute Gasteiger partial charge is 0.393 e. The van der Waals surface area contributed by atoms with Crippen LogP contribution in [0.25, 0.3) is 0 Å². The Hall–Kier alpha value is -0.300. The Balaban J connectivity index is 2.47. The molecule has 16 heavy (non-hydrogen) atoms. The maximum Gasteiger partial charge on any atom is 0.0537 e. The quantitative estimate of drug-likeness (QED) is 0.695. The number of aliphatic hydroxyl groups is 1. The summed E-state index contributed by atoms with van der Waals surface area (Å²) in [6.45, 7) is 11.4. The molecule has 1 N–H and O–H groups in total. The second kappa shape index (κ2) is 5.35. The third kappa shape index (κ3) is 2.88. The second-order valence-electron chi connectivity index (χ2n) is 6.07. The normalized spacial score (nSPS) is 27.6. The highest BCUT2D eigenvalue weighted by molar-refractivity contribution is 5.18. The van der Waals surface area contributed by atoms with Crippen molar-refractivity contribution in [3.63, 3.8) is 0 Å². The second-order valence-corrected chi connectivity index (χ2v) is 6.07. The first-order valence-corrected chi connectivity index (χ1v) is 6.74. The Labute approximate surface area is 101 Å². The van der Waals surface area contributed by atoms with Gasteiger partial charge in [-0.1, -0.05) is 39.3 Å². The van der Waals surface area contributed by atoms with E-state index < -0.39 is 0 Å². The molecule has 1 heteroatoms. The number of allylic oxidation sites excluding steroid dienone is 2. The molecule has 0 bridgehead atoms. The molecule has 0 saturated carbocycles. The molecule has 3 unspecified atom stereocenters. The topological polar surface area (TPSA) is 20.2 Å². The molecule has 1 aliphatic rings. The first-order chi connectivity index (χ1) is 7.39. The fourth-order valence-corrected chi connectivity index (χ4v) is 2.96. The third-order valence-electron chi connectivity index (χ3n) is 4.73. The van der Waals surface area contributed by atoms with E-state index in [0.29, 0.717) is 11.3 Å². The van der Waals surface area contributed by atoms with Crippen LogP contribution in [-0.4, -0.2) is 11.2 Å². The average molecular weight is 224 g/mol. The van der Waals surface area contributed by atoms with Gasteiger partial charge in [-0.3, -0.25) is 0 Å². The number of hydrogen-bond acceptors (Lipinski definition) is 1. The predicted molar refractivity (Wildman–Crippen MR) is 70.3 cm³/mol. The maximum absolute atomic E-state index is 9.62. The molecule has 1 nitrogen and oxygen atoms in total. The van der Waals surface area contributed by atoms with Gasteiger partial charge >= 0.3 is 0 Å². The van der Waals surface area contributed by atoms with E-state index in [2.05, 4.69) is 40.7 Å². The van der Waals surface area contributed by atoms with Crippen LogP contribution in [-0.2, 0) is 0 Å². The number of hydrogen-bond donors (Lipinski definition) is 1. The molecule has 94 valence electrons. The van der Waals surface area contributed by atoms with Crippen LogP contribution in [0, 0.1) is 17.3 Å². The van der Waals surface area contributed by atoms with Crippen LogP contribution < -0.4 is 0 Å². The van der Waals surface area contributed by atoms with Crippen molar-refractivity contribution in [1.82, 2.24) is 0 Å². The van der Waals surface area contributed by atoms with Crippen molar-refractivity contribution in [2.45, 2.75) is 66.4 Å². The van der Waals surface area contributed by atoms with Crippen LogP contribution in [0.5, 0.6) is 0 Å². The smallest absolute Gasteiger partial charge is 0.0537 e. The van der Waals surface area contributed by atoms with E-state index in [-0.39, 0.29) is 6.10 Å². The molecule has 1 rings (SSSR count). The van der Waals surface area contributed by atoms with E-state index in [4.69, 9.17) is 0 Å². The van der Waals surface area contributed by atoms with Crippen LogP contribution in [0.1, 0.15) is 60.3 Å². The van der Waals surface area contributed by atoms with Crippen molar-refractivity contribution in [3.8, 4) is 0 Å². The first kappa shape index (κ1) is 13.8. The minimum absolute atomic E-state index is 0.0963. The molecule has 1 aliphatic carbocycles. The molecular formula is C15H28O. The van der Waals surface area contributed by atoms with Gasteiger partial charge in [0.1, 0.15) is 0 Å². The lowest BCUT2D eigenvalue weighted by atomic mass is 9.70. The van der Waals surface area contributed by atoms with E-state index >= 15 is 0 Å². The predicted octanol–water partition coefficient (Wildman–Crippen LogP) is 4.17. The maximum atomic E-state index is 9.62. The Morgan fingerprint density at radius 1 is 1.44 bits per heavy atom. The minimum atomic E-state index is -0.0963. The van der Waals surface area contributed by atoms with Crippen molar-refractivity contribution < 1.29 is 5.11 Å². The molecule has 0 aliphatic heterocycles. The van der Waals surface area contributed by atoms with Gasteiger partial charge in [0.15, 0.2) is 0 Å². The van der Waals surface area contributed by atoms with Gasteiger partial charge in [-0.05, 0) is 49.9 Å². The number of aliphatic hydroxyl groups excluding tert-OH is 1. The van der Waals surface area contributed by atoms with Crippen molar-refractivity contribution >= 4 is 0 Å². The summed E-state index contributed by atoms with van der Waals surface area (Å²) in [7, 11) is 0. The van der Waals surface area contributed by atoms with Gasteiger partial charge in [0, 0.05) is 0 Å². The van der Waals surface area contributed by atoms with Gasteiger partial charge in [-0.2, -0.15) is 0 Å². The first-order valence-electron chi connectivity index (χ1n) is 6.74. The van der Waals surface area contributed by atoms with Gasteiger partial charge in [0.25, 0.3) is 0 Å². The van der Waals surface area contributed by atoms with Gasteiger partial charge < -0.3 is 5.11 Å². The molecule has 0 aromatic carbocycles. The van der Waals surface area contributed by atoms with Crippen molar-refractivity contribution in [2.75, 3.05) is 0 Å². The molecule has 0 amide bonds. The summed E-state index contributed by atoms with van der Waals surface area (Å²) in [5.41, 5.74) is 1.90. The summed E-state index contributed by atoms with van der Waals surface area (Å²) in [5.74, 6) is 1.47. The lowest BCUT2D eigenvalue weighted by Crippen LogP contribution is -2.27. The summed E-state index contributed by atoms with van der Waals surface area (Å²) >= 11 is 0. The fraction of sp³-hybridized carbons (Fsp3) is 0.867. The summed E-state index contributed by atoms with van der Waals surface area (Å²) < 4.78 is 0. The summed E-state index contributed by atoms with van der Waals surface area (Å²) in [6.07, 6.45) is 6.53. The summed E-state index contributed by atoms with van der Waals surface area (Å²) in [6, 6.07) is 0. The van der Waals surface area contributed by atoms with Crippen LogP contribution >= 0.6 is 0 Å². The fourth-order valence-electron chi connectivity index (χ4n) is 2.96. The molecule has 0 heterocycles. The average Bonchev–Trinajstić information content (AvgIpc) is 2.50. The Bertz CT molecular complexity index is 252. The van der Waals surface area contributed by atoms with E-state index in [0.717, 1.165) is 25.2 Å². The zero-order chi connectivity index (χ0) is 12.3. The monoisotopic (exact) mass is 224 g/mol. The van der Waals surface area contributed by atoms with Gasteiger partial charge in [-0.15, -0.1) is 0 Å². The van der Waals surface area contributed by atoms with E-state index in [1.165, 1.54) is 6.42 Å². The highest BCUT2D eigenvalue weighted by atomic mass is 16.3. The summed E-state index contributed by atoms with van der Waals surface area (Å²) in [5, 5.41) is 9.62. The summed E-state index contributed by atoms with van der Waals surface area (Å²) in [4.78, 5) is 0. The molecular weight excluding hydrogens is 196 g/mol. The van der Waals surface area contributed by atoms with Crippen molar-refractivity contribution in [2.24, 2.45) is 17.3 Å². The van der Waals surface area contributed by atoms with E-state index in [1.54, 1.807) is 5.57 Å². The van der Waals surface area contributed by atoms with Gasteiger partial charge in [0.2, 0.25) is 0 Å². The van der Waals surface area contributed by atoms with E-state index in [1.807, 2.05) is 0 Å². The lowest BCUT2D eigenvalue weighted by molar-refractivity contribution is 0.131. The van der Waals surface area contributed by atoms with Crippen LogP contribution in [0.15, 0.2) is 11.6 Å². The lowest BCUT2D eigenvalue weighted by Gasteiger charge is -2.34. The molecule has 0 aromatic heterocycles. The highest BCUT2D eigenvalue weighted by Crippen LogP contribution is 2.47. The van der Waals surface area contributed by atoms with Crippen LogP contribution in [0.3, 0.4) is 0 Å². The number of rotatable bonds is 5. The van der Waals surface area contributed by atoms with Gasteiger partial charge in [-0.25, -0.2) is 0 Å². The molecule has 0 aromatic rings. The Morgan fingerprint density at radius 3 is 2.50 bits per heavy atom. The molecule has 0 spiro atoms. The zero-order valence-electron chi connectivity index (χ0n) is 11.6. The zero-order valence-corrected chi connectivity index (χ0v) is 11.6. The highest BCUT2D eigenvalue weighted by Gasteiger charge is 2.37. The van der Waals surface area contributed by atoms with Crippen molar-refractivity contribution in [1.29, 1.82) is 0 Å². The molecule has 0 saturated heterocycles. The third-order valence-corrected chi connectivity index (χ3v) is 4.73. The Kier molecular flexibility index (Phi) is 4.61. The van der Waals surface area contributed by atoms with Crippen LogP contribution in [0.4, 0.5) is 0 Å². The molecule has 0 radical (unpaired) electrons. The van der Waals surface area contributed by atoms with Gasteiger partial charge in [0.05, 0.1) is 6.10 Å². The van der Waals surface area contributed by atoms with Crippen LogP contribution in [0.2, 0.25) is 0 Å². The van der Waals surface area contributed by atoms with E-state index in [9.17, 15) is 5.11 Å². The Morgan fingerprint density at radius 2 is 2.06 bits per heavy atom. The molecule has 0 fully saturated rings.